The molecule has 8 rings (SSSR count). The first-order chi connectivity index (χ1) is 34.3. The highest BCUT2D eigenvalue weighted by Crippen LogP contribution is 2.41. The number of benzene rings is 8. The van der Waals surface area contributed by atoms with Crippen LogP contribution in [0.5, 0.6) is 11.5 Å². The van der Waals surface area contributed by atoms with Crippen molar-refractivity contribution >= 4 is 88.2 Å². The summed E-state index contributed by atoms with van der Waals surface area (Å²) < 4.78 is 18.8. The van der Waals surface area contributed by atoms with E-state index in [-0.39, 0.29) is 12.9 Å². The van der Waals surface area contributed by atoms with Crippen molar-refractivity contribution in [2.45, 2.75) is 47.5 Å². The molecule has 350 valence electrons. The van der Waals surface area contributed by atoms with Crippen LogP contribution >= 0.6 is 31.9 Å². The van der Waals surface area contributed by atoms with Gasteiger partial charge in [-0.05, 0) is 129 Å². The second kappa shape index (κ2) is 31.9. The van der Waals surface area contributed by atoms with E-state index in [0.29, 0.717) is 13.2 Å². The lowest BCUT2D eigenvalue weighted by atomic mass is 8.81. The molecular weight excluding hydrogens is 996 g/mol. The van der Waals surface area contributed by atoms with Gasteiger partial charge >= 0.3 is 7.12 Å². The lowest BCUT2D eigenvalue weighted by Gasteiger charge is -2.17. The third-order valence-electron chi connectivity index (χ3n) is 10.7. The van der Waals surface area contributed by atoms with E-state index < -0.39 is 12.8 Å². The number of phenols is 1. The minimum atomic E-state index is -0.593. The molecule has 1 N–H and O–H groups in total. The van der Waals surface area contributed by atoms with E-state index in [1.54, 1.807) is 7.11 Å². The van der Waals surface area contributed by atoms with Gasteiger partial charge < -0.3 is 19.2 Å². The van der Waals surface area contributed by atoms with E-state index in [9.17, 15) is 5.11 Å². The number of halogens is 2. The summed E-state index contributed by atoms with van der Waals surface area (Å²) in [5.41, 5.74) is 13.7. The maximum absolute atomic E-state index is 10.4. The summed E-state index contributed by atoms with van der Waals surface area (Å²) >= 11 is 6.96. The standard InChI is InChI=1S/C19H15BrO.C18H23BO2.C12H9Br.C9H12O.B6/c1-13-11-17(19(21)18(20)12-13)16-10-6-5-9-15(16)14-7-3-2-4-8-14;1-3-14-20-19(21-15-4-2)18-13-9-8-12-17(18)16-10-6-5-7-11-16;13-12-9-5-4-8-11(12)10-6-2-1-3-7-10;1-7-4-5-9(10-3)8(2)6-7;1-5(2)6(3)4/h2-12,21H,1H3;5-13H,3-4,14-15H2,1-2H3;1-9H;4-6H,1-3H3;. The van der Waals surface area contributed by atoms with Gasteiger partial charge in [0.25, 0.3) is 0 Å². The van der Waals surface area contributed by atoms with Crippen LogP contribution in [0, 0.1) is 20.8 Å². The van der Waals surface area contributed by atoms with Gasteiger partial charge in [0.2, 0.25) is 0 Å². The molecule has 8 radical (unpaired) electrons. The van der Waals surface area contributed by atoms with E-state index in [1.807, 2.05) is 105 Å². The highest BCUT2D eigenvalue weighted by Gasteiger charge is 2.24. The molecule has 0 fully saturated rings. The fourth-order valence-corrected chi connectivity index (χ4v) is 8.22. The Balaban J connectivity index is 0.000000205. The van der Waals surface area contributed by atoms with Crippen molar-refractivity contribution in [2.24, 2.45) is 0 Å². The second-order valence-electron chi connectivity index (χ2n) is 16.6. The molecular formula is C58H59B7Br2O4. The highest BCUT2D eigenvalue weighted by molar-refractivity contribution is 9.11. The van der Waals surface area contributed by atoms with Gasteiger partial charge in [0.1, 0.15) is 11.5 Å². The molecule has 0 aromatic heterocycles. The average molecular weight is 1060 g/mol. The number of ether oxygens (including phenoxy) is 1. The Labute approximate surface area is 447 Å². The predicted octanol–water partition coefficient (Wildman–Crippen LogP) is 13.8. The number of aromatic hydroxyl groups is 1. The molecule has 0 bridgehead atoms. The van der Waals surface area contributed by atoms with Crippen LogP contribution < -0.4 is 10.2 Å². The van der Waals surface area contributed by atoms with Crippen molar-refractivity contribution in [1.29, 1.82) is 0 Å². The molecule has 0 aliphatic rings. The molecule has 0 amide bonds. The molecule has 0 saturated heterocycles. The lowest BCUT2D eigenvalue weighted by Crippen LogP contribution is -2.38. The van der Waals surface area contributed by atoms with E-state index in [2.05, 4.69) is 156 Å². The third kappa shape index (κ3) is 19.3. The van der Waals surface area contributed by atoms with Crippen molar-refractivity contribution in [2.75, 3.05) is 20.3 Å². The summed E-state index contributed by atoms with van der Waals surface area (Å²) in [5, 5.41) is 10.4. The quantitative estimate of drug-likeness (QED) is 0.117. The second-order valence-corrected chi connectivity index (χ2v) is 18.3. The summed E-state index contributed by atoms with van der Waals surface area (Å²) in [6.45, 7) is 11.8. The van der Waals surface area contributed by atoms with E-state index in [4.69, 9.17) is 45.0 Å². The van der Waals surface area contributed by atoms with Crippen molar-refractivity contribution in [3.63, 3.8) is 0 Å². The Hall–Kier alpha value is -5.31. The van der Waals surface area contributed by atoms with E-state index >= 15 is 0 Å². The topological polar surface area (TPSA) is 47.9 Å². The molecule has 8 aromatic rings. The van der Waals surface area contributed by atoms with E-state index in [0.717, 1.165) is 60.8 Å². The fourth-order valence-electron chi connectivity index (χ4n) is 7.13. The molecule has 0 atom stereocenters. The number of hydrogen-bond acceptors (Lipinski definition) is 4. The van der Waals surface area contributed by atoms with Gasteiger partial charge in [-0.15, -0.1) is 0 Å². The monoisotopic (exact) mass is 1050 g/mol. The Morgan fingerprint density at radius 1 is 0.451 bits per heavy atom. The molecule has 0 unspecified atom stereocenters. The zero-order valence-electron chi connectivity index (χ0n) is 41.8. The minimum Gasteiger partial charge on any atom is -0.506 e. The van der Waals surface area contributed by atoms with Gasteiger partial charge in [-0.1, -0.05) is 205 Å². The van der Waals surface area contributed by atoms with Crippen LogP contribution in [0.4, 0.5) is 0 Å². The maximum atomic E-state index is 10.4. The summed E-state index contributed by atoms with van der Waals surface area (Å²) in [6, 6.07) is 65.8. The summed E-state index contributed by atoms with van der Waals surface area (Å²) in [4.78, 5) is 0. The number of methoxy groups -OCH3 is 1. The lowest BCUT2D eigenvalue weighted by molar-refractivity contribution is 0.207. The Morgan fingerprint density at radius 3 is 1.37 bits per heavy atom. The van der Waals surface area contributed by atoms with Gasteiger partial charge in [-0.3, -0.25) is 0 Å². The molecule has 71 heavy (non-hydrogen) atoms. The van der Waals surface area contributed by atoms with Crippen LogP contribution in [-0.2, 0) is 9.31 Å². The first-order valence-electron chi connectivity index (χ1n) is 23.7. The third-order valence-corrected chi connectivity index (χ3v) is 12.0. The van der Waals surface area contributed by atoms with Gasteiger partial charge in [0.15, 0.2) is 0 Å². The fraction of sp³-hybridized carbons (Fsp3) is 0.172. The number of aryl methyl sites for hydroxylation is 3. The van der Waals surface area contributed by atoms with Crippen LogP contribution in [0.25, 0.3) is 44.5 Å². The largest absolute Gasteiger partial charge is 0.506 e. The molecule has 0 aliphatic carbocycles. The van der Waals surface area contributed by atoms with Crippen molar-refractivity contribution in [3.05, 3.63) is 220 Å². The van der Waals surface area contributed by atoms with Crippen LogP contribution in [0.3, 0.4) is 0 Å². The predicted molar refractivity (Wildman–Crippen MR) is 318 cm³/mol. The molecule has 0 heterocycles. The van der Waals surface area contributed by atoms with Crippen molar-refractivity contribution in [1.82, 2.24) is 0 Å². The normalized spacial score (nSPS) is 10.0. The summed E-state index contributed by atoms with van der Waals surface area (Å²) in [5.74, 6) is 1.24. The number of hydrogen-bond donors (Lipinski definition) is 1. The Morgan fingerprint density at radius 2 is 0.887 bits per heavy atom. The van der Waals surface area contributed by atoms with Crippen LogP contribution in [0.15, 0.2) is 203 Å². The SMILES string of the molecule is Brc1ccccc1-c1ccccc1.CCCOB(OCCC)c1ccccc1-c1ccccc1.COc1ccc(C)cc1C.Cc1cc(Br)c(O)c(-c2ccccc2-c2ccccc2)c1.[B]B([B])B([B])[B]. The Bertz CT molecular complexity index is 2750. The Kier molecular flexibility index (Phi) is 26.2. The van der Waals surface area contributed by atoms with Gasteiger partial charge in [-0.2, -0.15) is 0 Å². The maximum Gasteiger partial charge on any atom is 0.494 e. The molecule has 0 aliphatic heterocycles. The first-order valence-corrected chi connectivity index (χ1v) is 25.3. The van der Waals surface area contributed by atoms with Gasteiger partial charge in [0, 0.05) is 67.0 Å². The van der Waals surface area contributed by atoms with Gasteiger partial charge in [0.05, 0.1) is 11.6 Å². The van der Waals surface area contributed by atoms with Crippen LogP contribution in [-0.4, -0.2) is 76.3 Å². The first kappa shape index (κ1) is 58.3. The zero-order valence-corrected chi connectivity index (χ0v) is 44.9. The van der Waals surface area contributed by atoms with Gasteiger partial charge in [-0.25, -0.2) is 0 Å². The minimum absolute atomic E-state index is 0.281. The summed E-state index contributed by atoms with van der Waals surface area (Å²) in [7, 11) is 21.3. The smallest absolute Gasteiger partial charge is 0.494 e. The van der Waals surface area contributed by atoms with E-state index in [1.165, 1.54) is 33.4 Å². The molecule has 13 heteroatoms. The number of phenolic OH excluding ortho intramolecular Hbond substituents is 1. The molecule has 4 nitrogen and oxygen atoms in total. The zero-order chi connectivity index (χ0) is 51.5. The average Bonchev–Trinajstić information content (AvgIpc) is 3.39. The van der Waals surface area contributed by atoms with Crippen LogP contribution in [0.1, 0.15) is 43.4 Å². The summed E-state index contributed by atoms with van der Waals surface area (Å²) in [6.07, 6.45) is 0.786. The molecule has 0 saturated carbocycles. The van der Waals surface area contributed by atoms with Crippen LogP contribution in [0.2, 0.25) is 0 Å². The molecule has 0 spiro atoms. The number of rotatable bonds is 13. The highest BCUT2D eigenvalue weighted by atomic mass is 79.9. The molecule has 8 aromatic carbocycles. The van der Waals surface area contributed by atoms with Crippen molar-refractivity contribution < 1.29 is 19.2 Å². The van der Waals surface area contributed by atoms with Crippen molar-refractivity contribution in [3.8, 4) is 56.0 Å².